The first kappa shape index (κ1) is 23.8. The molecular formula is C25H34N4O3. The maximum atomic E-state index is 12.5. The summed E-state index contributed by atoms with van der Waals surface area (Å²) in [5.41, 5.74) is 2.23. The molecule has 1 fully saturated rings. The van der Waals surface area contributed by atoms with Gasteiger partial charge < -0.3 is 15.4 Å². The highest BCUT2D eigenvalue weighted by Gasteiger charge is 2.19. The minimum atomic E-state index is -0.361. The molecular weight excluding hydrogens is 404 g/mol. The second-order valence-corrected chi connectivity index (χ2v) is 8.18. The normalized spacial score (nSPS) is 15.7. The average molecular weight is 439 g/mol. The summed E-state index contributed by atoms with van der Waals surface area (Å²) in [6.07, 6.45) is 0.205. The molecule has 1 heterocycles. The lowest BCUT2D eigenvalue weighted by Crippen LogP contribution is -2.48. The molecule has 0 radical (unpaired) electrons. The van der Waals surface area contributed by atoms with Crippen LogP contribution in [0.5, 0.6) is 5.75 Å². The Morgan fingerprint density at radius 1 is 0.969 bits per heavy atom. The van der Waals surface area contributed by atoms with E-state index in [0.29, 0.717) is 6.54 Å². The van der Waals surface area contributed by atoms with E-state index in [9.17, 15) is 9.59 Å². The second kappa shape index (κ2) is 12.2. The van der Waals surface area contributed by atoms with Gasteiger partial charge in [-0.15, -0.1) is 0 Å². The number of ether oxygens (including phenoxy) is 1. The molecule has 1 unspecified atom stereocenters. The van der Waals surface area contributed by atoms with Crippen LogP contribution in [0.3, 0.4) is 0 Å². The summed E-state index contributed by atoms with van der Waals surface area (Å²) in [7, 11) is 1.61. The van der Waals surface area contributed by atoms with Gasteiger partial charge in [-0.3, -0.25) is 19.4 Å². The summed E-state index contributed by atoms with van der Waals surface area (Å²) >= 11 is 0. The van der Waals surface area contributed by atoms with Gasteiger partial charge in [0, 0.05) is 52.7 Å². The molecule has 1 saturated heterocycles. The molecule has 172 valence electrons. The topological polar surface area (TPSA) is 73.9 Å². The van der Waals surface area contributed by atoms with Gasteiger partial charge in [0.1, 0.15) is 5.75 Å². The molecule has 2 aromatic rings. The van der Waals surface area contributed by atoms with Gasteiger partial charge in [-0.2, -0.15) is 0 Å². The first-order valence-corrected chi connectivity index (χ1v) is 11.2. The molecule has 3 rings (SSSR count). The van der Waals surface area contributed by atoms with E-state index in [1.165, 1.54) is 12.5 Å². The minimum absolute atomic E-state index is 0.0673. The molecule has 1 atom stereocenters. The zero-order chi connectivity index (χ0) is 22.8. The van der Waals surface area contributed by atoms with Crippen molar-refractivity contribution in [1.29, 1.82) is 0 Å². The molecule has 0 spiro atoms. The van der Waals surface area contributed by atoms with Crippen molar-refractivity contribution in [2.75, 3.05) is 46.4 Å². The third kappa shape index (κ3) is 7.66. The third-order valence-electron chi connectivity index (χ3n) is 5.75. The van der Waals surface area contributed by atoms with Gasteiger partial charge in [0.15, 0.2) is 0 Å². The lowest BCUT2D eigenvalue weighted by molar-refractivity contribution is -0.122. The van der Waals surface area contributed by atoms with Crippen LogP contribution in [-0.4, -0.2) is 68.0 Å². The van der Waals surface area contributed by atoms with Gasteiger partial charge in [-0.25, -0.2) is 0 Å². The number of carbonyl (C=O) groups excluding carboxylic acids is 2. The summed E-state index contributed by atoms with van der Waals surface area (Å²) in [5, 5.41) is 5.88. The Morgan fingerprint density at radius 2 is 1.62 bits per heavy atom. The van der Waals surface area contributed by atoms with Crippen molar-refractivity contribution in [3.05, 3.63) is 65.7 Å². The van der Waals surface area contributed by atoms with E-state index in [0.717, 1.165) is 50.6 Å². The van der Waals surface area contributed by atoms with Gasteiger partial charge >= 0.3 is 0 Å². The molecule has 0 aromatic heterocycles. The zero-order valence-corrected chi connectivity index (χ0v) is 19.0. The first-order valence-electron chi connectivity index (χ1n) is 11.2. The Hall–Kier alpha value is -2.90. The van der Waals surface area contributed by atoms with Crippen LogP contribution < -0.4 is 15.4 Å². The largest absolute Gasteiger partial charge is 0.497 e. The number of benzene rings is 2. The predicted octanol–water partition coefficient (Wildman–Crippen LogP) is 2.20. The van der Waals surface area contributed by atoms with Crippen LogP contribution in [0.2, 0.25) is 0 Å². The quantitative estimate of drug-likeness (QED) is 0.595. The molecule has 32 heavy (non-hydrogen) atoms. The Bertz CT molecular complexity index is 849. The van der Waals surface area contributed by atoms with Crippen LogP contribution >= 0.6 is 0 Å². The number of amides is 2. The molecule has 7 heteroatoms. The summed E-state index contributed by atoms with van der Waals surface area (Å²) < 4.78 is 5.18. The predicted molar refractivity (Wildman–Crippen MR) is 125 cm³/mol. The maximum Gasteiger partial charge on any atom is 0.222 e. The van der Waals surface area contributed by atoms with E-state index in [1.807, 2.05) is 30.3 Å². The van der Waals surface area contributed by atoms with Crippen LogP contribution in [0, 0.1) is 0 Å². The summed E-state index contributed by atoms with van der Waals surface area (Å²) in [5.74, 6) is 0.512. The number of rotatable bonds is 10. The summed E-state index contributed by atoms with van der Waals surface area (Å²) in [4.78, 5) is 29.0. The standard InChI is InChI=1S/C25H34N4O3/c1-20(30)27-24(22-8-10-23(32-2)11-9-22)18-25(31)26-12-13-28-14-16-29(17-15-28)19-21-6-4-3-5-7-21/h3-11,24H,12-19H2,1-2H3,(H,26,31)(H,27,30). The highest BCUT2D eigenvalue weighted by atomic mass is 16.5. The van der Waals surface area contributed by atoms with Gasteiger partial charge in [0.25, 0.3) is 0 Å². The number of hydrogen-bond acceptors (Lipinski definition) is 5. The Morgan fingerprint density at radius 3 is 2.25 bits per heavy atom. The van der Waals surface area contributed by atoms with E-state index in [4.69, 9.17) is 4.74 Å². The van der Waals surface area contributed by atoms with E-state index < -0.39 is 0 Å². The number of nitrogens with one attached hydrogen (secondary N) is 2. The fraction of sp³-hybridized carbons (Fsp3) is 0.440. The Labute approximate surface area is 190 Å². The first-order chi connectivity index (χ1) is 15.5. The highest BCUT2D eigenvalue weighted by molar-refractivity contribution is 5.79. The van der Waals surface area contributed by atoms with Gasteiger partial charge in [0.05, 0.1) is 19.6 Å². The van der Waals surface area contributed by atoms with E-state index >= 15 is 0 Å². The number of hydrogen-bond donors (Lipinski definition) is 2. The molecule has 2 aromatic carbocycles. The van der Waals surface area contributed by atoms with Crippen LogP contribution in [0.1, 0.15) is 30.5 Å². The number of carbonyl (C=O) groups is 2. The molecule has 0 aliphatic carbocycles. The molecule has 1 aliphatic heterocycles. The van der Waals surface area contributed by atoms with E-state index in [2.05, 4.69) is 44.7 Å². The van der Waals surface area contributed by atoms with Crippen molar-refractivity contribution in [1.82, 2.24) is 20.4 Å². The van der Waals surface area contributed by atoms with E-state index in [-0.39, 0.29) is 24.3 Å². The van der Waals surface area contributed by atoms with Crippen molar-refractivity contribution in [2.45, 2.75) is 25.9 Å². The maximum absolute atomic E-state index is 12.5. The minimum Gasteiger partial charge on any atom is -0.497 e. The van der Waals surface area contributed by atoms with Crippen molar-refractivity contribution >= 4 is 11.8 Å². The zero-order valence-electron chi connectivity index (χ0n) is 19.0. The smallest absolute Gasteiger partial charge is 0.222 e. The van der Waals surface area contributed by atoms with Crippen LogP contribution in [0.4, 0.5) is 0 Å². The van der Waals surface area contributed by atoms with Crippen molar-refractivity contribution in [2.24, 2.45) is 0 Å². The highest BCUT2D eigenvalue weighted by Crippen LogP contribution is 2.20. The second-order valence-electron chi connectivity index (χ2n) is 8.18. The molecule has 2 N–H and O–H groups in total. The van der Waals surface area contributed by atoms with E-state index in [1.54, 1.807) is 7.11 Å². The van der Waals surface area contributed by atoms with Crippen molar-refractivity contribution in [3.63, 3.8) is 0 Å². The van der Waals surface area contributed by atoms with Crippen LogP contribution in [0.25, 0.3) is 0 Å². The molecule has 0 saturated carbocycles. The fourth-order valence-corrected chi connectivity index (χ4v) is 3.96. The van der Waals surface area contributed by atoms with Gasteiger partial charge in [0.2, 0.25) is 11.8 Å². The Balaban J connectivity index is 1.39. The molecule has 0 bridgehead atoms. The monoisotopic (exact) mass is 438 g/mol. The molecule has 7 nitrogen and oxygen atoms in total. The van der Waals surface area contributed by atoms with Gasteiger partial charge in [-0.05, 0) is 23.3 Å². The number of piperazine rings is 1. The lowest BCUT2D eigenvalue weighted by atomic mass is 10.0. The average Bonchev–Trinajstić information content (AvgIpc) is 2.80. The number of nitrogens with zero attached hydrogens (tertiary/aromatic N) is 2. The van der Waals surface area contributed by atoms with Crippen LogP contribution in [-0.2, 0) is 16.1 Å². The SMILES string of the molecule is COc1ccc(C(CC(=O)NCCN2CCN(Cc3ccccc3)CC2)NC(C)=O)cc1. The summed E-state index contributed by atoms with van der Waals surface area (Å²) in [6, 6.07) is 17.6. The lowest BCUT2D eigenvalue weighted by Gasteiger charge is -2.34. The van der Waals surface area contributed by atoms with Crippen molar-refractivity contribution in [3.8, 4) is 5.75 Å². The van der Waals surface area contributed by atoms with Crippen molar-refractivity contribution < 1.29 is 14.3 Å². The van der Waals surface area contributed by atoms with Gasteiger partial charge in [-0.1, -0.05) is 42.5 Å². The molecule has 1 aliphatic rings. The Kier molecular flexibility index (Phi) is 9.07. The summed E-state index contributed by atoms with van der Waals surface area (Å²) in [6.45, 7) is 7.96. The number of methoxy groups -OCH3 is 1. The third-order valence-corrected chi connectivity index (χ3v) is 5.75. The fourth-order valence-electron chi connectivity index (χ4n) is 3.96. The van der Waals surface area contributed by atoms with Crippen LogP contribution in [0.15, 0.2) is 54.6 Å². The molecule has 2 amide bonds.